The Bertz CT molecular complexity index is 1850. The maximum atomic E-state index is 14.7. The number of nitrogens with one attached hydrogen (secondary N) is 2. The summed E-state index contributed by atoms with van der Waals surface area (Å²) in [4.78, 5) is 40.3. The summed E-state index contributed by atoms with van der Waals surface area (Å²) in [6, 6.07) is 1.14. The fourth-order valence-electron chi connectivity index (χ4n) is 9.80. The highest BCUT2D eigenvalue weighted by Crippen LogP contribution is 2.59. The molecule has 10 atom stereocenters. The largest absolute Gasteiger partial charge is 0.447 e. The van der Waals surface area contributed by atoms with Gasteiger partial charge < -0.3 is 45.9 Å². The van der Waals surface area contributed by atoms with E-state index in [1.165, 1.54) is 18.4 Å². The Balaban J connectivity index is 0.863. The van der Waals surface area contributed by atoms with E-state index >= 15 is 0 Å². The maximum absolute atomic E-state index is 14.7. The van der Waals surface area contributed by atoms with Crippen molar-refractivity contribution in [2.75, 3.05) is 25.4 Å². The zero-order valence-corrected chi connectivity index (χ0v) is 34.8. The summed E-state index contributed by atoms with van der Waals surface area (Å²) in [7, 11) is 0. The van der Waals surface area contributed by atoms with Crippen molar-refractivity contribution in [2.24, 2.45) is 29.1 Å². The van der Waals surface area contributed by atoms with E-state index in [0.29, 0.717) is 59.6 Å². The molecule has 0 bridgehead atoms. The number of ether oxygens (including phenoxy) is 3. The Morgan fingerprint density at radius 1 is 1.10 bits per heavy atom. The predicted molar refractivity (Wildman–Crippen MR) is 220 cm³/mol. The van der Waals surface area contributed by atoms with Crippen LogP contribution >= 0.6 is 0 Å². The lowest BCUT2D eigenvalue weighted by Gasteiger charge is -2.44. The van der Waals surface area contributed by atoms with Crippen LogP contribution in [0.25, 0.3) is 0 Å². The molecule has 4 aliphatic carbocycles. The molecule has 7 unspecified atom stereocenters. The van der Waals surface area contributed by atoms with Gasteiger partial charge in [-0.25, -0.2) is 14.4 Å². The molecule has 1 aromatic heterocycles. The number of aliphatic hydroxyl groups excluding tert-OH is 3. The summed E-state index contributed by atoms with van der Waals surface area (Å²) < 4.78 is 45.8. The van der Waals surface area contributed by atoms with E-state index in [2.05, 4.69) is 54.3 Å². The maximum Gasteiger partial charge on any atom is 0.407 e. The molecule has 5 fully saturated rings. The molecule has 7 N–H and O–H groups in total. The monoisotopic (exact) mass is 843 g/mol. The van der Waals surface area contributed by atoms with Crippen molar-refractivity contribution >= 4 is 18.0 Å². The Kier molecular flexibility index (Phi) is 14.9. The number of allylic oxidation sites excluding steroid dienone is 4. The number of hydrogen-bond donors (Lipinski definition) is 6. The molecule has 0 radical (unpaired) electrons. The number of nitrogens with two attached hydrogens (primary N) is 1. The number of alkyl carbamates (subject to hydrolysis) is 2. The van der Waals surface area contributed by atoms with Gasteiger partial charge >= 0.3 is 23.8 Å². The third-order valence-electron chi connectivity index (χ3n) is 13.4. The summed E-state index contributed by atoms with van der Waals surface area (Å²) >= 11 is 0. The minimum Gasteiger partial charge on any atom is -0.447 e. The van der Waals surface area contributed by atoms with Crippen LogP contribution in [0.3, 0.4) is 0 Å². The van der Waals surface area contributed by atoms with Gasteiger partial charge in [0.1, 0.15) is 24.6 Å². The zero-order chi connectivity index (χ0) is 43.2. The van der Waals surface area contributed by atoms with Crippen molar-refractivity contribution in [1.29, 1.82) is 0 Å². The second-order valence-corrected chi connectivity index (χ2v) is 17.7. The number of rotatable bonds is 16. The van der Waals surface area contributed by atoms with Crippen LogP contribution in [0, 0.1) is 29.1 Å². The number of fused-ring (bicyclic) bond motifs is 1. The van der Waals surface area contributed by atoms with Gasteiger partial charge in [0.15, 0.2) is 6.10 Å². The fourth-order valence-corrected chi connectivity index (χ4v) is 9.80. The molecule has 5 aliphatic rings. The molecule has 0 aromatic carbocycles. The van der Waals surface area contributed by atoms with Crippen LogP contribution in [0.1, 0.15) is 104 Å². The van der Waals surface area contributed by atoms with Gasteiger partial charge in [-0.05, 0) is 104 Å². The van der Waals surface area contributed by atoms with Gasteiger partial charge in [0, 0.05) is 32.1 Å². The van der Waals surface area contributed by atoms with Crippen LogP contribution in [-0.4, -0.2) is 93.2 Å². The first kappa shape index (κ1) is 45.4. The zero-order valence-electron chi connectivity index (χ0n) is 34.8. The Hall–Kier alpha value is -4.12. The quantitative estimate of drug-likeness (QED) is 0.0861. The smallest absolute Gasteiger partial charge is 0.407 e. The molecule has 16 heteroatoms. The molecule has 1 aliphatic heterocycles. The molecular formula is C44H63F2N5O9. The van der Waals surface area contributed by atoms with E-state index in [9.17, 15) is 38.5 Å². The van der Waals surface area contributed by atoms with Gasteiger partial charge in [0.05, 0.1) is 12.2 Å². The van der Waals surface area contributed by atoms with Crippen molar-refractivity contribution < 1.29 is 47.9 Å². The summed E-state index contributed by atoms with van der Waals surface area (Å²) in [5, 5.41) is 36.6. The molecule has 1 saturated heterocycles. The first-order chi connectivity index (χ1) is 28.6. The standard InChI is InChI=1S/C44H63F2N5O9/c1-26(10-17-34(52)29-12-13-29)32-15-16-33-28(9-8-19-43(32,33)3)11-14-30-23-31(24-35(53)27(30)2)59-42(57)49-21-7-5-4-6-20-48-41(56)58-25-36-38(54)44(45,46)39(60-36)51-22-18-37(47)50-40(51)55/h10-11,14,17-18,22,26,29,31-36,38-39,52-54H,2,4-9,12-13,15-16,19-21,23-25H2,1,3H3,(H,48,56)(H,49,57)(H2,47,50,55)/b17-10+,28-11+,30-14-/t26-,31?,32?,33?,34?,35-,36?,38?,39?,43+/m0/s1. The lowest BCUT2D eigenvalue weighted by Crippen LogP contribution is -2.42. The summed E-state index contributed by atoms with van der Waals surface area (Å²) in [5.74, 6) is -2.12. The topological polar surface area (TPSA) is 207 Å². The van der Waals surface area contributed by atoms with Crippen molar-refractivity contribution in [3.63, 3.8) is 0 Å². The van der Waals surface area contributed by atoms with Gasteiger partial charge in [0.25, 0.3) is 0 Å². The van der Waals surface area contributed by atoms with Crippen molar-refractivity contribution in [1.82, 2.24) is 20.2 Å². The van der Waals surface area contributed by atoms with E-state index in [4.69, 9.17) is 19.9 Å². The Morgan fingerprint density at radius 2 is 1.82 bits per heavy atom. The number of nitrogen functional groups attached to an aromatic ring is 1. The summed E-state index contributed by atoms with van der Waals surface area (Å²) in [6.45, 7) is 8.86. The van der Waals surface area contributed by atoms with Gasteiger partial charge in [-0.15, -0.1) is 0 Å². The van der Waals surface area contributed by atoms with Gasteiger partial charge in [-0.3, -0.25) is 4.57 Å². The van der Waals surface area contributed by atoms with Crippen LogP contribution in [0.2, 0.25) is 0 Å². The molecule has 332 valence electrons. The minimum atomic E-state index is -3.86. The summed E-state index contributed by atoms with van der Waals surface area (Å²) in [5.41, 5.74) is 7.54. The van der Waals surface area contributed by atoms with E-state index in [-0.39, 0.29) is 30.3 Å². The number of carbonyl (C=O) groups excluding carboxylic acids is 2. The number of alkyl halides is 2. The average Bonchev–Trinajstić information content (AvgIpc) is 3.95. The lowest BCUT2D eigenvalue weighted by molar-refractivity contribution is -0.140. The Morgan fingerprint density at radius 3 is 2.52 bits per heavy atom. The van der Waals surface area contributed by atoms with E-state index in [0.717, 1.165) is 62.8 Å². The number of aromatic nitrogens is 2. The SMILES string of the molecule is C=C1/C(=C\C=C2/CCC[C@@]3(C)C2CCC3[C@@H](C)/C=C/C(O)C2CC2)CC(OC(=O)NCCCCCCNC(=O)OCC2OC(n3ccc(N)nc3=O)C(F)(F)C2O)C[C@@H]1O. The van der Waals surface area contributed by atoms with Crippen molar-refractivity contribution in [2.45, 2.75) is 140 Å². The number of halogens is 2. The average molecular weight is 844 g/mol. The van der Waals surface area contributed by atoms with E-state index in [1.54, 1.807) is 0 Å². The molecule has 2 heterocycles. The number of carbonyl (C=O) groups is 2. The predicted octanol–water partition coefficient (Wildman–Crippen LogP) is 5.84. The second-order valence-electron chi connectivity index (χ2n) is 17.7. The number of hydrogen-bond acceptors (Lipinski definition) is 11. The molecule has 0 spiro atoms. The molecule has 60 heavy (non-hydrogen) atoms. The van der Waals surface area contributed by atoms with Crippen molar-refractivity contribution in [3.05, 3.63) is 70.3 Å². The van der Waals surface area contributed by atoms with E-state index < -0.39 is 61.0 Å². The van der Waals surface area contributed by atoms with Crippen LogP contribution in [-0.2, 0) is 14.2 Å². The number of anilines is 1. The third-order valence-corrected chi connectivity index (χ3v) is 13.4. The number of unbranched alkanes of at least 4 members (excludes halogenated alkanes) is 3. The number of amides is 2. The molecule has 4 saturated carbocycles. The number of nitrogens with zero attached hydrogens (tertiary/aromatic N) is 2. The fraction of sp³-hybridized carbons (Fsp3) is 0.682. The highest BCUT2D eigenvalue weighted by Gasteiger charge is 2.60. The number of aliphatic hydroxyl groups is 3. The van der Waals surface area contributed by atoms with Gasteiger partial charge in [-0.2, -0.15) is 13.8 Å². The molecular weight excluding hydrogens is 781 g/mol. The first-order valence-electron chi connectivity index (χ1n) is 21.6. The normalized spacial score (nSPS) is 32.5. The highest BCUT2D eigenvalue weighted by molar-refractivity contribution is 5.67. The van der Waals surface area contributed by atoms with Crippen LogP contribution < -0.4 is 22.1 Å². The van der Waals surface area contributed by atoms with Gasteiger partial charge in [0.2, 0.25) is 6.23 Å². The second kappa shape index (κ2) is 19.7. The van der Waals surface area contributed by atoms with Gasteiger partial charge in [-0.1, -0.05) is 63.1 Å². The minimum absolute atomic E-state index is 0.160. The van der Waals surface area contributed by atoms with E-state index in [1.807, 2.05) is 6.08 Å². The lowest BCUT2D eigenvalue weighted by atomic mass is 9.61. The Labute approximate surface area is 350 Å². The molecule has 2 amide bonds. The molecule has 6 rings (SSSR count). The van der Waals surface area contributed by atoms with Crippen molar-refractivity contribution in [3.8, 4) is 0 Å². The summed E-state index contributed by atoms with van der Waals surface area (Å²) in [6.07, 6.45) is 11.9. The third kappa shape index (κ3) is 10.8. The molecule has 14 nitrogen and oxygen atoms in total. The van der Waals surface area contributed by atoms with Crippen LogP contribution in [0.5, 0.6) is 0 Å². The van der Waals surface area contributed by atoms with Crippen LogP contribution in [0.4, 0.5) is 24.2 Å². The highest BCUT2D eigenvalue weighted by atomic mass is 19.3. The first-order valence-corrected chi connectivity index (χ1v) is 21.6. The van der Waals surface area contributed by atoms with Crippen LogP contribution in [0.15, 0.2) is 64.7 Å². The molecule has 1 aromatic rings.